The number of nitrogens with one attached hydrogen (secondary N) is 1. The van der Waals surface area contributed by atoms with Gasteiger partial charge in [-0.2, -0.15) is 0 Å². The van der Waals surface area contributed by atoms with Crippen LogP contribution in [0.2, 0.25) is 0 Å². The summed E-state index contributed by atoms with van der Waals surface area (Å²) in [5.74, 6) is 2.89. The van der Waals surface area contributed by atoms with Crippen molar-refractivity contribution in [3.05, 3.63) is 76.7 Å². The molecule has 0 spiro atoms. The largest absolute Gasteiger partial charge is 0.497 e. The zero-order valence-electron chi connectivity index (χ0n) is 17.8. The van der Waals surface area contributed by atoms with Gasteiger partial charge in [0.25, 0.3) is 5.91 Å². The van der Waals surface area contributed by atoms with Crippen molar-refractivity contribution in [2.75, 3.05) is 20.8 Å². The van der Waals surface area contributed by atoms with Gasteiger partial charge in [0, 0.05) is 6.54 Å². The molecule has 0 atom stereocenters. The van der Waals surface area contributed by atoms with Crippen LogP contribution in [-0.4, -0.2) is 26.7 Å². The first kappa shape index (κ1) is 21.3. The van der Waals surface area contributed by atoms with Crippen molar-refractivity contribution in [3.63, 3.8) is 0 Å². The van der Waals surface area contributed by atoms with Crippen LogP contribution in [0.15, 0.2) is 52.9 Å². The van der Waals surface area contributed by atoms with Crippen molar-refractivity contribution in [2.24, 2.45) is 0 Å². The second kappa shape index (κ2) is 9.87. The van der Waals surface area contributed by atoms with E-state index in [4.69, 9.17) is 18.6 Å². The third kappa shape index (κ3) is 5.35. The maximum absolute atomic E-state index is 12.4. The molecule has 0 fully saturated rings. The van der Waals surface area contributed by atoms with E-state index in [1.165, 1.54) is 5.56 Å². The first-order valence-corrected chi connectivity index (χ1v) is 9.78. The van der Waals surface area contributed by atoms with Gasteiger partial charge in [-0.05, 0) is 67.8 Å². The molecule has 0 unspecified atom stereocenters. The minimum absolute atomic E-state index is 0.256. The maximum Gasteiger partial charge on any atom is 0.287 e. The number of ether oxygens (including phenoxy) is 3. The summed E-state index contributed by atoms with van der Waals surface area (Å²) in [7, 11) is 3.24. The molecule has 3 rings (SSSR count). The van der Waals surface area contributed by atoms with Gasteiger partial charge >= 0.3 is 0 Å². The molecule has 2 aromatic carbocycles. The SMILES string of the molecule is COc1ccc(OC)c(CCNC(=O)c2ccc(COc3ccc(C)cc3C)o2)c1. The zero-order valence-corrected chi connectivity index (χ0v) is 17.8. The lowest BCUT2D eigenvalue weighted by atomic mass is 10.1. The molecule has 0 saturated heterocycles. The normalized spacial score (nSPS) is 10.5. The number of amides is 1. The molecular weight excluding hydrogens is 382 g/mol. The fraction of sp³-hybridized carbons (Fsp3) is 0.292. The highest BCUT2D eigenvalue weighted by Gasteiger charge is 2.12. The summed E-state index contributed by atoms with van der Waals surface area (Å²) >= 11 is 0. The number of methoxy groups -OCH3 is 2. The molecule has 6 nitrogen and oxygen atoms in total. The van der Waals surface area contributed by atoms with E-state index < -0.39 is 0 Å². The number of carbonyl (C=O) groups excluding carboxylic acids is 1. The Morgan fingerprint density at radius 3 is 2.50 bits per heavy atom. The van der Waals surface area contributed by atoms with Crippen LogP contribution in [0.1, 0.15) is 33.0 Å². The van der Waals surface area contributed by atoms with Crippen molar-refractivity contribution in [1.29, 1.82) is 0 Å². The summed E-state index contributed by atoms with van der Waals surface area (Å²) in [4.78, 5) is 12.4. The Hall–Kier alpha value is -3.41. The highest BCUT2D eigenvalue weighted by Crippen LogP contribution is 2.24. The van der Waals surface area contributed by atoms with Crippen LogP contribution in [0.5, 0.6) is 17.2 Å². The number of hydrogen-bond acceptors (Lipinski definition) is 5. The van der Waals surface area contributed by atoms with Crippen LogP contribution < -0.4 is 19.5 Å². The van der Waals surface area contributed by atoms with E-state index in [1.807, 2.05) is 44.2 Å². The zero-order chi connectivity index (χ0) is 21.5. The molecule has 1 N–H and O–H groups in total. The van der Waals surface area contributed by atoms with E-state index in [0.717, 1.165) is 28.4 Å². The molecule has 1 aromatic heterocycles. The molecule has 0 aliphatic rings. The van der Waals surface area contributed by atoms with E-state index in [2.05, 4.69) is 11.4 Å². The Balaban J connectivity index is 1.53. The summed E-state index contributed by atoms with van der Waals surface area (Å²) in [6.45, 7) is 4.74. The summed E-state index contributed by atoms with van der Waals surface area (Å²) in [6, 6.07) is 15.0. The van der Waals surface area contributed by atoms with Gasteiger partial charge in [-0.25, -0.2) is 0 Å². The van der Waals surface area contributed by atoms with Gasteiger partial charge in [0.1, 0.15) is 29.6 Å². The van der Waals surface area contributed by atoms with Crippen molar-refractivity contribution < 1.29 is 23.4 Å². The molecule has 0 radical (unpaired) electrons. The Morgan fingerprint density at radius 2 is 1.77 bits per heavy atom. The first-order valence-electron chi connectivity index (χ1n) is 9.78. The second-order valence-corrected chi connectivity index (χ2v) is 7.01. The van der Waals surface area contributed by atoms with Gasteiger partial charge in [-0.3, -0.25) is 4.79 Å². The summed E-state index contributed by atoms with van der Waals surface area (Å²) < 4.78 is 22.1. The molecule has 1 amide bonds. The second-order valence-electron chi connectivity index (χ2n) is 7.01. The average Bonchev–Trinajstić information content (AvgIpc) is 3.22. The van der Waals surface area contributed by atoms with Gasteiger partial charge in [-0.15, -0.1) is 0 Å². The number of carbonyl (C=O) groups is 1. The predicted octanol–water partition coefficient (Wildman–Crippen LogP) is 4.47. The van der Waals surface area contributed by atoms with Gasteiger partial charge in [0.15, 0.2) is 5.76 Å². The molecule has 0 bridgehead atoms. The Morgan fingerprint density at radius 1 is 0.967 bits per heavy atom. The van der Waals surface area contributed by atoms with Crippen molar-refractivity contribution in [3.8, 4) is 17.2 Å². The van der Waals surface area contributed by atoms with Crippen LogP contribution in [0.25, 0.3) is 0 Å². The standard InChI is InChI=1S/C24H27NO5/c1-16-5-8-21(17(2)13-16)29-15-20-7-10-23(30-20)24(26)25-12-11-18-14-19(27-3)6-9-22(18)28-4/h5-10,13-14H,11-12,15H2,1-4H3,(H,25,26). The fourth-order valence-electron chi connectivity index (χ4n) is 3.16. The van der Waals surface area contributed by atoms with E-state index in [1.54, 1.807) is 26.4 Å². The summed E-state index contributed by atoms with van der Waals surface area (Å²) in [6.07, 6.45) is 0.607. The average molecular weight is 409 g/mol. The van der Waals surface area contributed by atoms with Crippen LogP contribution in [0.4, 0.5) is 0 Å². The minimum Gasteiger partial charge on any atom is -0.497 e. The molecule has 0 aliphatic heterocycles. The van der Waals surface area contributed by atoms with Crippen LogP contribution in [0, 0.1) is 13.8 Å². The smallest absolute Gasteiger partial charge is 0.287 e. The number of benzene rings is 2. The highest BCUT2D eigenvalue weighted by atomic mass is 16.5. The number of rotatable bonds is 9. The topological polar surface area (TPSA) is 69.9 Å². The number of hydrogen-bond donors (Lipinski definition) is 1. The van der Waals surface area contributed by atoms with Crippen molar-refractivity contribution in [1.82, 2.24) is 5.32 Å². The molecule has 1 heterocycles. The lowest BCUT2D eigenvalue weighted by Crippen LogP contribution is -2.25. The van der Waals surface area contributed by atoms with Crippen LogP contribution in [-0.2, 0) is 13.0 Å². The molecule has 0 saturated carbocycles. The molecule has 0 aliphatic carbocycles. The number of aryl methyl sites for hydroxylation is 2. The van der Waals surface area contributed by atoms with Gasteiger partial charge in [-0.1, -0.05) is 17.7 Å². The monoisotopic (exact) mass is 409 g/mol. The van der Waals surface area contributed by atoms with Gasteiger partial charge < -0.3 is 23.9 Å². The molecule has 30 heavy (non-hydrogen) atoms. The third-order valence-electron chi connectivity index (χ3n) is 4.75. The van der Waals surface area contributed by atoms with Crippen LogP contribution in [0.3, 0.4) is 0 Å². The number of furan rings is 1. The fourth-order valence-corrected chi connectivity index (χ4v) is 3.16. The van der Waals surface area contributed by atoms with E-state index in [-0.39, 0.29) is 18.3 Å². The molecule has 158 valence electrons. The molecular formula is C24H27NO5. The first-order chi connectivity index (χ1) is 14.5. The lowest BCUT2D eigenvalue weighted by molar-refractivity contribution is 0.0922. The third-order valence-corrected chi connectivity index (χ3v) is 4.75. The Kier molecular flexibility index (Phi) is 7.01. The van der Waals surface area contributed by atoms with Crippen molar-refractivity contribution >= 4 is 5.91 Å². The molecule has 3 aromatic rings. The maximum atomic E-state index is 12.4. The van der Waals surface area contributed by atoms with Gasteiger partial charge in [0.2, 0.25) is 0 Å². The van der Waals surface area contributed by atoms with E-state index in [9.17, 15) is 4.79 Å². The molecule has 6 heteroatoms. The Bertz CT molecular complexity index is 1010. The summed E-state index contributed by atoms with van der Waals surface area (Å²) in [5.41, 5.74) is 3.20. The lowest BCUT2D eigenvalue weighted by Gasteiger charge is -2.11. The van der Waals surface area contributed by atoms with E-state index in [0.29, 0.717) is 18.7 Å². The van der Waals surface area contributed by atoms with Gasteiger partial charge in [0.05, 0.1) is 14.2 Å². The minimum atomic E-state index is -0.269. The van der Waals surface area contributed by atoms with Crippen LogP contribution >= 0.6 is 0 Å². The Labute approximate surface area is 176 Å². The predicted molar refractivity (Wildman–Crippen MR) is 115 cm³/mol. The highest BCUT2D eigenvalue weighted by molar-refractivity contribution is 5.91. The van der Waals surface area contributed by atoms with E-state index >= 15 is 0 Å². The van der Waals surface area contributed by atoms with Crippen molar-refractivity contribution in [2.45, 2.75) is 26.9 Å². The quantitative estimate of drug-likeness (QED) is 0.565. The summed E-state index contributed by atoms with van der Waals surface area (Å²) in [5, 5.41) is 2.87.